The number of nitrogens with one attached hydrogen (secondary N) is 1. The van der Waals surface area contributed by atoms with Crippen molar-refractivity contribution >= 4 is 15.9 Å². The lowest BCUT2D eigenvalue weighted by Crippen LogP contribution is -2.48. The lowest BCUT2D eigenvalue weighted by Gasteiger charge is -2.25. The van der Waals surface area contributed by atoms with Crippen molar-refractivity contribution in [3.63, 3.8) is 0 Å². The molecule has 0 aromatic heterocycles. The molecule has 6 heteroatoms. The topological polar surface area (TPSA) is 66.5 Å². The van der Waals surface area contributed by atoms with E-state index < -0.39 is 16.1 Å². The van der Waals surface area contributed by atoms with Crippen LogP contribution in [0.15, 0.2) is 29.2 Å². The highest BCUT2D eigenvalue weighted by molar-refractivity contribution is 7.89. The van der Waals surface area contributed by atoms with Crippen molar-refractivity contribution in [1.29, 1.82) is 0 Å². The van der Waals surface area contributed by atoms with Crippen LogP contribution in [0, 0.1) is 12.8 Å². The quantitative estimate of drug-likeness (QED) is 0.751. The van der Waals surface area contributed by atoms with Gasteiger partial charge in [0.2, 0.25) is 15.9 Å². The Morgan fingerprint density at radius 2 is 1.85 bits per heavy atom. The fourth-order valence-corrected chi connectivity index (χ4v) is 5.04. The maximum atomic E-state index is 12.9. The van der Waals surface area contributed by atoms with E-state index in [2.05, 4.69) is 19.2 Å². The Morgan fingerprint density at radius 1 is 1.19 bits per heavy atom. The van der Waals surface area contributed by atoms with Gasteiger partial charge < -0.3 is 5.32 Å². The molecule has 0 saturated carbocycles. The lowest BCUT2D eigenvalue weighted by atomic mass is 10.0. The van der Waals surface area contributed by atoms with Crippen LogP contribution in [-0.2, 0) is 14.8 Å². The average molecular weight is 381 g/mol. The summed E-state index contributed by atoms with van der Waals surface area (Å²) in [6.45, 7) is 8.69. The van der Waals surface area contributed by atoms with Gasteiger partial charge in [-0.05, 0) is 51.2 Å². The van der Waals surface area contributed by atoms with Crippen molar-refractivity contribution in [2.45, 2.75) is 76.8 Å². The summed E-state index contributed by atoms with van der Waals surface area (Å²) in [7, 11) is -3.64. The molecule has 0 radical (unpaired) electrons. The van der Waals surface area contributed by atoms with E-state index in [1.807, 2.05) is 13.8 Å². The molecule has 0 unspecified atom stereocenters. The molecule has 2 rings (SSSR count). The highest BCUT2D eigenvalue weighted by Gasteiger charge is 2.39. The largest absolute Gasteiger partial charge is 0.352 e. The van der Waals surface area contributed by atoms with Crippen molar-refractivity contribution in [3.8, 4) is 0 Å². The summed E-state index contributed by atoms with van der Waals surface area (Å²) in [5.41, 5.74) is 1.01. The van der Waals surface area contributed by atoms with Gasteiger partial charge in [0.1, 0.15) is 6.04 Å². The van der Waals surface area contributed by atoms with Crippen LogP contribution in [0.3, 0.4) is 0 Å². The number of sulfonamides is 1. The molecule has 0 spiro atoms. The Bertz CT molecular complexity index is 698. The van der Waals surface area contributed by atoms with Gasteiger partial charge in [0, 0.05) is 12.6 Å². The van der Waals surface area contributed by atoms with E-state index in [0.29, 0.717) is 25.3 Å². The van der Waals surface area contributed by atoms with Crippen molar-refractivity contribution in [3.05, 3.63) is 29.8 Å². The number of benzene rings is 1. The number of hydrogen-bond acceptors (Lipinski definition) is 3. The van der Waals surface area contributed by atoms with Crippen LogP contribution >= 0.6 is 0 Å². The van der Waals surface area contributed by atoms with Gasteiger partial charge >= 0.3 is 0 Å². The first-order valence-corrected chi connectivity index (χ1v) is 11.0. The number of rotatable bonds is 8. The summed E-state index contributed by atoms with van der Waals surface area (Å²) in [4.78, 5) is 12.9. The smallest absolute Gasteiger partial charge is 0.243 e. The van der Waals surface area contributed by atoms with Crippen molar-refractivity contribution in [2.75, 3.05) is 6.54 Å². The number of amides is 1. The minimum absolute atomic E-state index is 0.0609. The maximum Gasteiger partial charge on any atom is 0.243 e. The second kappa shape index (κ2) is 9.00. The third-order valence-electron chi connectivity index (χ3n) is 4.94. The molecule has 1 fully saturated rings. The van der Waals surface area contributed by atoms with Crippen molar-refractivity contribution in [1.82, 2.24) is 9.62 Å². The second-order valence-corrected chi connectivity index (χ2v) is 9.71. The Labute approximate surface area is 158 Å². The summed E-state index contributed by atoms with van der Waals surface area (Å²) in [5.74, 6) is 0.484. The summed E-state index contributed by atoms with van der Waals surface area (Å²) in [6.07, 6.45) is 4.41. The molecule has 1 heterocycles. The van der Waals surface area contributed by atoms with Crippen LogP contribution in [0.5, 0.6) is 0 Å². The van der Waals surface area contributed by atoms with Gasteiger partial charge in [-0.2, -0.15) is 4.31 Å². The summed E-state index contributed by atoms with van der Waals surface area (Å²) in [5, 5.41) is 3.01. The zero-order chi connectivity index (χ0) is 19.3. The monoisotopic (exact) mass is 380 g/mol. The SMILES string of the molecule is Cc1ccc(S(=O)(=O)N2CCC[C@H]2C(=O)N[C@H](C)CCCC(C)C)cc1. The molecule has 5 nitrogen and oxygen atoms in total. The second-order valence-electron chi connectivity index (χ2n) is 7.82. The van der Waals surface area contributed by atoms with E-state index in [1.54, 1.807) is 24.3 Å². The Morgan fingerprint density at radius 3 is 2.46 bits per heavy atom. The fourth-order valence-electron chi connectivity index (χ4n) is 3.38. The first-order chi connectivity index (χ1) is 12.2. The summed E-state index contributed by atoms with van der Waals surface area (Å²) < 4.78 is 27.2. The molecular weight excluding hydrogens is 348 g/mol. The molecule has 1 saturated heterocycles. The van der Waals surface area contributed by atoms with E-state index in [4.69, 9.17) is 0 Å². The van der Waals surface area contributed by atoms with Gasteiger partial charge in [-0.25, -0.2) is 8.42 Å². The normalized spacial score (nSPS) is 19.7. The third-order valence-corrected chi connectivity index (χ3v) is 6.86. The highest BCUT2D eigenvalue weighted by atomic mass is 32.2. The molecule has 1 aliphatic heterocycles. The van der Waals surface area contributed by atoms with Crippen LogP contribution in [0.1, 0.15) is 58.4 Å². The number of carbonyl (C=O) groups is 1. The van der Waals surface area contributed by atoms with Crippen LogP contribution in [0.25, 0.3) is 0 Å². The zero-order valence-corrected chi connectivity index (χ0v) is 17.2. The van der Waals surface area contributed by atoms with Crippen molar-refractivity contribution in [2.24, 2.45) is 5.92 Å². The predicted molar refractivity (Wildman–Crippen MR) is 104 cm³/mol. The summed E-state index contributed by atoms with van der Waals surface area (Å²) >= 11 is 0. The summed E-state index contributed by atoms with van der Waals surface area (Å²) in [6, 6.07) is 6.27. The van der Waals surface area contributed by atoms with Crippen LogP contribution < -0.4 is 5.32 Å². The van der Waals surface area contributed by atoms with Crippen LogP contribution in [0.2, 0.25) is 0 Å². The molecule has 1 aliphatic rings. The van der Waals surface area contributed by atoms with Crippen LogP contribution in [-0.4, -0.2) is 37.3 Å². The minimum atomic E-state index is -3.64. The van der Waals surface area contributed by atoms with Gasteiger partial charge in [-0.1, -0.05) is 44.4 Å². The van der Waals surface area contributed by atoms with E-state index in [-0.39, 0.29) is 16.8 Å². The predicted octanol–water partition coefficient (Wildman–Crippen LogP) is 3.48. The number of aryl methyl sites for hydroxylation is 1. The van der Waals surface area contributed by atoms with Gasteiger partial charge in [-0.3, -0.25) is 4.79 Å². The molecule has 1 N–H and O–H groups in total. The minimum Gasteiger partial charge on any atom is -0.352 e. The van der Waals surface area contributed by atoms with Gasteiger partial charge in [-0.15, -0.1) is 0 Å². The molecule has 1 aromatic rings. The Hall–Kier alpha value is -1.40. The van der Waals surface area contributed by atoms with Crippen LogP contribution in [0.4, 0.5) is 0 Å². The molecule has 1 amide bonds. The maximum absolute atomic E-state index is 12.9. The number of nitrogens with zero attached hydrogens (tertiary/aromatic N) is 1. The lowest BCUT2D eigenvalue weighted by molar-refractivity contribution is -0.124. The molecule has 26 heavy (non-hydrogen) atoms. The van der Waals surface area contributed by atoms with E-state index >= 15 is 0 Å². The Balaban J connectivity index is 2.02. The van der Waals surface area contributed by atoms with Gasteiger partial charge in [0.05, 0.1) is 4.90 Å². The van der Waals surface area contributed by atoms with E-state index in [0.717, 1.165) is 24.8 Å². The molecular formula is C20H32N2O3S. The van der Waals surface area contributed by atoms with Gasteiger partial charge in [0.15, 0.2) is 0 Å². The fraction of sp³-hybridized carbons (Fsp3) is 0.650. The molecule has 1 aromatic carbocycles. The van der Waals surface area contributed by atoms with E-state index in [1.165, 1.54) is 4.31 Å². The standard InChI is InChI=1S/C20H32N2O3S/c1-15(2)7-5-8-17(4)21-20(23)19-9-6-14-22(19)26(24,25)18-12-10-16(3)11-13-18/h10-13,15,17,19H,5-9,14H2,1-4H3,(H,21,23)/t17-,19+/m1/s1. The molecule has 0 bridgehead atoms. The molecule has 146 valence electrons. The first-order valence-electron chi connectivity index (χ1n) is 9.60. The van der Waals surface area contributed by atoms with Crippen molar-refractivity contribution < 1.29 is 13.2 Å². The zero-order valence-electron chi connectivity index (χ0n) is 16.4. The molecule has 0 aliphatic carbocycles. The Kier molecular flexibility index (Phi) is 7.24. The average Bonchev–Trinajstić information content (AvgIpc) is 3.05. The van der Waals surface area contributed by atoms with E-state index in [9.17, 15) is 13.2 Å². The number of carbonyl (C=O) groups excluding carboxylic acids is 1. The third kappa shape index (κ3) is 5.30. The first kappa shape index (κ1) is 20.9. The number of hydrogen-bond donors (Lipinski definition) is 1. The highest BCUT2D eigenvalue weighted by Crippen LogP contribution is 2.26. The molecule has 2 atom stereocenters. The van der Waals surface area contributed by atoms with Gasteiger partial charge in [0.25, 0.3) is 0 Å².